The standard InChI is InChI=1S/C7H3O4P/c8-1-4-12(7-11,5-2-9)6-3-10/h4-6H. The molecule has 0 amide bonds. The van der Waals surface area contributed by atoms with Crippen molar-refractivity contribution >= 4 is 30.4 Å². The number of rotatable bonds is 3. The maximum absolute atomic E-state index is 10.3. The molecule has 0 rings (SSSR count). The van der Waals surface area contributed by atoms with E-state index in [1.54, 1.807) is 0 Å². The number of carbonyl (C=O) groups excluding carboxylic acids is 4. The van der Waals surface area contributed by atoms with E-state index in [1.165, 1.54) is 23.5 Å². The quantitative estimate of drug-likeness (QED) is 0.458. The van der Waals surface area contributed by atoms with E-state index >= 15 is 0 Å². The van der Waals surface area contributed by atoms with Crippen molar-refractivity contribution in [3.05, 3.63) is 17.5 Å². The van der Waals surface area contributed by atoms with E-state index in [2.05, 4.69) is 0 Å². The molecule has 0 aromatic rings. The van der Waals surface area contributed by atoms with Gasteiger partial charge in [-0.2, -0.15) is 0 Å². The molecule has 0 bridgehead atoms. The molecule has 0 saturated carbocycles. The molecule has 0 heterocycles. The smallest absolute Gasteiger partial charge is 0.128 e. The molecule has 5 heteroatoms. The second kappa shape index (κ2) is 5.07. The van der Waals surface area contributed by atoms with Crippen LogP contribution in [0.25, 0.3) is 0 Å². The minimum Gasteiger partial charge on any atom is -0.233 e. The van der Waals surface area contributed by atoms with E-state index in [4.69, 9.17) is 0 Å². The number of hydrogen-bond acceptors (Lipinski definition) is 4. The molecule has 0 saturated heterocycles. The molecule has 0 aliphatic carbocycles. The Kier molecular flexibility index (Phi) is 4.38. The molecule has 0 unspecified atom stereocenters. The lowest BCUT2D eigenvalue weighted by Crippen LogP contribution is -1.71. The molecule has 0 atom stereocenters. The molecule has 0 aliphatic rings. The summed E-state index contributed by atoms with van der Waals surface area (Å²) in [4.78, 5) is 40.0. The highest BCUT2D eigenvalue weighted by molar-refractivity contribution is 7.83. The van der Waals surface area contributed by atoms with Gasteiger partial charge in [0.1, 0.15) is 23.5 Å². The summed E-state index contributed by atoms with van der Waals surface area (Å²) in [5.41, 5.74) is 1.43. The molecule has 0 spiro atoms. The molecule has 0 radical (unpaired) electrons. The summed E-state index contributed by atoms with van der Waals surface area (Å²) < 4.78 is 0. The van der Waals surface area contributed by atoms with Crippen molar-refractivity contribution in [2.45, 2.75) is 0 Å². The summed E-state index contributed by atoms with van der Waals surface area (Å²) >= 11 is 0. The Balaban J connectivity index is 5.67. The summed E-state index contributed by atoms with van der Waals surface area (Å²) in [6.45, 7) is -2.93. The third kappa shape index (κ3) is 2.54. The lowest BCUT2D eigenvalue weighted by atomic mass is 11.2. The van der Waals surface area contributed by atoms with E-state index < -0.39 is 6.89 Å². The van der Waals surface area contributed by atoms with Crippen molar-refractivity contribution in [3.63, 3.8) is 0 Å². The van der Waals surface area contributed by atoms with Crippen molar-refractivity contribution in [3.8, 4) is 0 Å². The maximum Gasteiger partial charge on any atom is 0.128 e. The van der Waals surface area contributed by atoms with Gasteiger partial charge in [-0.15, -0.1) is 0 Å². The van der Waals surface area contributed by atoms with E-state index in [-0.39, 0.29) is 0 Å². The van der Waals surface area contributed by atoms with Gasteiger partial charge in [-0.25, -0.2) is 19.2 Å². The van der Waals surface area contributed by atoms with Crippen LogP contribution in [0.2, 0.25) is 0 Å². The van der Waals surface area contributed by atoms with Crippen molar-refractivity contribution < 1.29 is 19.2 Å². The lowest BCUT2D eigenvalue weighted by Gasteiger charge is -1.95. The molecule has 0 aromatic carbocycles. The lowest BCUT2D eigenvalue weighted by molar-refractivity contribution is 0.568. The van der Waals surface area contributed by atoms with Gasteiger partial charge in [0.15, 0.2) is 0 Å². The largest absolute Gasteiger partial charge is 0.233 e. The molecule has 4 nitrogen and oxygen atoms in total. The van der Waals surface area contributed by atoms with Crippen LogP contribution in [0.5, 0.6) is 0 Å². The third-order valence-corrected chi connectivity index (χ3v) is 2.87. The van der Waals surface area contributed by atoms with Crippen molar-refractivity contribution in [1.29, 1.82) is 0 Å². The van der Waals surface area contributed by atoms with Crippen molar-refractivity contribution in [1.82, 2.24) is 0 Å². The first-order valence-corrected chi connectivity index (χ1v) is 4.68. The Labute approximate surface area is 67.8 Å². The minimum absolute atomic E-state index is 0.787. The van der Waals surface area contributed by atoms with Crippen LogP contribution in [0.4, 0.5) is 0 Å². The van der Waals surface area contributed by atoms with Gasteiger partial charge >= 0.3 is 0 Å². The molecule has 12 heavy (non-hydrogen) atoms. The Morgan fingerprint density at radius 1 is 0.750 bits per heavy atom. The monoisotopic (exact) mass is 182 g/mol. The first kappa shape index (κ1) is 10.4. The zero-order chi connectivity index (χ0) is 9.45. The molecular formula is C7H3O4P. The second-order valence-electron chi connectivity index (χ2n) is 1.67. The predicted molar refractivity (Wildman–Crippen MR) is 43.4 cm³/mol. The molecule has 60 valence electrons. The van der Waals surface area contributed by atoms with Gasteiger partial charge in [0.25, 0.3) is 0 Å². The highest BCUT2D eigenvalue weighted by atomic mass is 31.2. The van der Waals surface area contributed by atoms with E-state index in [0.29, 0.717) is 0 Å². The Bertz CT molecular complexity index is 331. The normalized spacial score (nSPS) is 12.0. The van der Waals surface area contributed by atoms with Crippen molar-refractivity contribution in [2.75, 3.05) is 0 Å². The SMILES string of the molecule is O=C=CP(=C=O)(C=C=O)C=C=O. The summed E-state index contributed by atoms with van der Waals surface area (Å²) in [7, 11) is 0. The highest BCUT2D eigenvalue weighted by Gasteiger charge is 2.08. The summed E-state index contributed by atoms with van der Waals surface area (Å²) in [5, 5.41) is 0. The summed E-state index contributed by atoms with van der Waals surface area (Å²) in [6, 6.07) is 0. The first-order chi connectivity index (χ1) is 5.74. The first-order valence-electron chi connectivity index (χ1n) is 2.68. The maximum atomic E-state index is 10.3. The molecule has 0 fully saturated rings. The Morgan fingerprint density at radius 3 is 1.25 bits per heavy atom. The predicted octanol–water partition coefficient (Wildman–Crippen LogP) is 0.107. The van der Waals surface area contributed by atoms with Crippen LogP contribution < -0.4 is 0 Å². The fourth-order valence-corrected chi connectivity index (χ4v) is 1.36. The van der Waals surface area contributed by atoms with Crippen LogP contribution in [-0.4, -0.2) is 23.5 Å². The van der Waals surface area contributed by atoms with Gasteiger partial charge in [-0.05, 0) is 0 Å². The third-order valence-electron chi connectivity index (χ3n) is 0.957. The van der Waals surface area contributed by atoms with Gasteiger partial charge in [0, 0.05) is 17.5 Å². The Hall–Kier alpha value is -1.64. The molecular weight excluding hydrogens is 179 g/mol. The van der Waals surface area contributed by atoms with Crippen LogP contribution in [-0.2, 0) is 19.2 Å². The fraction of sp³-hybridized carbons (Fsp3) is 0. The highest BCUT2D eigenvalue weighted by Crippen LogP contribution is 2.47. The minimum atomic E-state index is -2.93. The number of hydrogen-bond donors (Lipinski definition) is 0. The molecule has 0 aromatic heterocycles. The van der Waals surface area contributed by atoms with Gasteiger partial charge in [0.2, 0.25) is 0 Å². The van der Waals surface area contributed by atoms with Gasteiger partial charge in [0.05, 0.1) is 6.89 Å². The molecule has 0 aliphatic heterocycles. The zero-order valence-corrected chi connectivity index (χ0v) is 6.71. The second-order valence-corrected chi connectivity index (χ2v) is 4.29. The van der Waals surface area contributed by atoms with Crippen LogP contribution in [0.1, 0.15) is 0 Å². The summed E-state index contributed by atoms with van der Waals surface area (Å²) in [5.74, 6) is 6.32. The zero-order valence-electron chi connectivity index (χ0n) is 5.81. The van der Waals surface area contributed by atoms with Crippen LogP contribution >= 0.6 is 6.89 Å². The van der Waals surface area contributed by atoms with Gasteiger partial charge in [-0.1, -0.05) is 0 Å². The average molecular weight is 182 g/mol. The van der Waals surface area contributed by atoms with Crippen LogP contribution in [0.15, 0.2) is 17.5 Å². The van der Waals surface area contributed by atoms with E-state index in [1.807, 2.05) is 0 Å². The van der Waals surface area contributed by atoms with Crippen molar-refractivity contribution in [2.24, 2.45) is 0 Å². The Morgan fingerprint density at radius 2 is 1.08 bits per heavy atom. The van der Waals surface area contributed by atoms with Gasteiger partial charge < -0.3 is 0 Å². The van der Waals surface area contributed by atoms with E-state index in [9.17, 15) is 19.2 Å². The van der Waals surface area contributed by atoms with Crippen LogP contribution in [0.3, 0.4) is 0 Å². The van der Waals surface area contributed by atoms with Crippen LogP contribution in [0, 0.1) is 0 Å². The molecule has 0 N–H and O–H groups in total. The summed E-state index contributed by atoms with van der Waals surface area (Å²) in [6.07, 6.45) is 0. The topological polar surface area (TPSA) is 68.3 Å². The fourth-order valence-electron chi connectivity index (χ4n) is 0.452. The van der Waals surface area contributed by atoms with E-state index in [0.717, 1.165) is 17.5 Å². The average Bonchev–Trinajstić information content (AvgIpc) is 2.06. The van der Waals surface area contributed by atoms with Gasteiger partial charge in [-0.3, -0.25) is 0 Å².